The number of hydrogen-bond acceptors (Lipinski definition) is 1. The summed E-state index contributed by atoms with van der Waals surface area (Å²) >= 11 is 0. The molecule has 0 fully saturated rings. The Labute approximate surface area is 69.5 Å². The van der Waals surface area contributed by atoms with E-state index in [1.807, 2.05) is 0 Å². The standard InChI is InChI=1S/C10H18O/c1-9(2)5-4-6-10(3)7-8-11/h4-5,8-10H,6-7H2,1-3H3/b5-4+/t10-/m0/s1. The van der Waals surface area contributed by atoms with E-state index >= 15 is 0 Å². The number of carbonyl (C=O) groups is 1. The average Bonchev–Trinajstić information content (AvgIpc) is 1.87. The first-order chi connectivity index (χ1) is 5.16. The lowest BCUT2D eigenvalue weighted by molar-refractivity contribution is -0.108. The fraction of sp³-hybridized carbons (Fsp3) is 0.700. The Bertz CT molecular complexity index is 125. The van der Waals surface area contributed by atoms with Crippen LogP contribution in [-0.4, -0.2) is 6.29 Å². The lowest BCUT2D eigenvalue weighted by atomic mass is 10.0. The van der Waals surface area contributed by atoms with Gasteiger partial charge < -0.3 is 4.79 Å². The SMILES string of the molecule is CC(C)/C=C/C[C@H](C)CC=O. The first-order valence-electron chi connectivity index (χ1n) is 4.27. The van der Waals surface area contributed by atoms with Gasteiger partial charge in [-0.3, -0.25) is 0 Å². The Hall–Kier alpha value is -0.590. The average molecular weight is 154 g/mol. The van der Waals surface area contributed by atoms with Crippen molar-refractivity contribution in [2.75, 3.05) is 0 Å². The van der Waals surface area contributed by atoms with Crippen molar-refractivity contribution in [1.82, 2.24) is 0 Å². The molecule has 0 heterocycles. The molecule has 0 spiro atoms. The summed E-state index contributed by atoms with van der Waals surface area (Å²) in [4.78, 5) is 10.1. The monoisotopic (exact) mass is 154 g/mol. The van der Waals surface area contributed by atoms with E-state index in [-0.39, 0.29) is 0 Å². The highest BCUT2D eigenvalue weighted by molar-refractivity contribution is 5.49. The quantitative estimate of drug-likeness (QED) is 0.439. The lowest BCUT2D eigenvalue weighted by Crippen LogP contribution is -1.92. The molecular weight excluding hydrogens is 136 g/mol. The summed E-state index contributed by atoms with van der Waals surface area (Å²) in [5, 5.41) is 0. The molecule has 0 unspecified atom stereocenters. The summed E-state index contributed by atoms with van der Waals surface area (Å²) in [6.07, 6.45) is 7.05. The molecule has 0 saturated heterocycles. The predicted molar refractivity (Wildman–Crippen MR) is 48.4 cm³/mol. The van der Waals surface area contributed by atoms with Crippen molar-refractivity contribution in [3.05, 3.63) is 12.2 Å². The maximum atomic E-state index is 10.1. The van der Waals surface area contributed by atoms with Gasteiger partial charge in [0, 0.05) is 6.42 Å². The van der Waals surface area contributed by atoms with Crippen LogP contribution in [0, 0.1) is 11.8 Å². The van der Waals surface area contributed by atoms with Gasteiger partial charge in [-0.1, -0.05) is 32.9 Å². The van der Waals surface area contributed by atoms with E-state index in [4.69, 9.17) is 0 Å². The number of hydrogen-bond donors (Lipinski definition) is 0. The van der Waals surface area contributed by atoms with E-state index in [9.17, 15) is 4.79 Å². The molecule has 64 valence electrons. The molecule has 0 amide bonds. The van der Waals surface area contributed by atoms with Crippen molar-refractivity contribution in [3.8, 4) is 0 Å². The van der Waals surface area contributed by atoms with Crippen LogP contribution in [0.5, 0.6) is 0 Å². The highest BCUT2D eigenvalue weighted by atomic mass is 16.1. The molecule has 1 atom stereocenters. The molecule has 1 heteroatoms. The molecule has 0 aliphatic carbocycles. The molecule has 0 aromatic heterocycles. The minimum atomic E-state index is 0.502. The Balaban J connectivity index is 3.43. The third kappa shape index (κ3) is 7.31. The van der Waals surface area contributed by atoms with Crippen LogP contribution in [0.25, 0.3) is 0 Å². The van der Waals surface area contributed by atoms with E-state index in [2.05, 4.69) is 32.9 Å². The summed E-state index contributed by atoms with van der Waals surface area (Å²) in [5.41, 5.74) is 0. The lowest BCUT2D eigenvalue weighted by Gasteiger charge is -2.02. The normalized spacial score (nSPS) is 14.2. The fourth-order valence-electron chi connectivity index (χ4n) is 0.844. The second kappa shape index (κ2) is 6.14. The van der Waals surface area contributed by atoms with Gasteiger partial charge in [0.1, 0.15) is 6.29 Å². The summed E-state index contributed by atoms with van der Waals surface area (Å²) < 4.78 is 0. The van der Waals surface area contributed by atoms with Gasteiger partial charge in [0.15, 0.2) is 0 Å². The zero-order valence-corrected chi connectivity index (χ0v) is 7.71. The third-order valence-corrected chi connectivity index (χ3v) is 1.56. The largest absolute Gasteiger partial charge is 0.303 e. The second-order valence-corrected chi connectivity index (χ2v) is 3.42. The zero-order chi connectivity index (χ0) is 8.69. The van der Waals surface area contributed by atoms with Gasteiger partial charge in [0.25, 0.3) is 0 Å². The van der Waals surface area contributed by atoms with E-state index in [1.165, 1.54) is 0 Å². The number of rotatable bonds is 5. The van der Waals surface area contributed by atoms with Crippen molar-refractivity contribution >= 4 is 6.29 Å². The van der Waals surface area contributed by atoms with Crippen LogP contribution in [0.4, 0.5) is 0 Å². The molecule has 0 N–H and O–H groups in total. The first-order valence-corrected chi connectivity index (χ1v) is 4.27. The maximum Gasteiger partial charge on any atom is 0.120 e. The molecular formula is C10H18O. The van der Waals surface area contributed by atoms with E-state index in [0.29, 0.717) is 18.3 Å². The van der Waals surface area contributed by atoms with Gasteiger partial charge in [-0.15, -0.1) is 0 Å². The van der Waals surface area contributed by atoms with Crippen molar-refractivity contribution in [1.29, 1.82) is 0 Å². The van der Waals surface area contributed by atoms with Crippen molar-refractivity contribution in [2.45, 2.75) is 33.6 Å². The smallest absolute Gasteiger partial charge is 0.120 e. The van der Waals surface area contributed by atoms with Gasteiger partial charge in [-0.05, 0) is 18.3 Å². The summed E-state index contributed by atoms with van der Waals surface area (Å²) in [6, 6.07) is 0. The van der Waals surface area contributed by atoms with Crippen LogP contribution >= 0.6 is 0 Å². The van der Waals surface area contributed by atoms with Crippen LogP contribution in [-0.2, 0) is 4.79 Å². The van der Waals surface area contributed by atoms with Crippen LogP contribution in [0.3, 0.4) is 0 Å². The number of carbonyl (C=O) groups excluding carboxylic acids is 1. The molecule has 0 aliphatic heterocycles. The molecule has 0 aromatic carbocycles. The Morgan fingerprint density at radius 3 is 2.27 bits per heavy atom. The highest BCUT2D eigenvalue weighted by Gasteiger charge is 1.96. The molecule has 0 aromatic rings. The number of aldehydes is 1. The Morgan fingerprint density at radius 2 is 1.82 bits per heavy atom. The molecule has 0 bridgehead atoms. The third-order valence-electron chi connectivity index (χ3n) is 1.56. The molecule has 11 heavy (non-hydrogen) atoms. The van der Waals surface area contributed by atoms with Gasteiger partial charge >= 0.3 is 0 Å². The Kier molecular flexibility index (Phi) is 5.81. The van der Waals surface area contributed by atoms with Crippen molar-refractivity contribution in [2.24, 2.45) is 11.8 Å². The summed E-state index contributed by atoms with van der Waals surface area (Å²) in [7, 11) is 0. The predicted octanol–water partition coefficient (Wildman–Crippen LogP) is 2.81. The molecule has 0 rings (SSSR count). The van der Waals surface area contributed by atoms with Gasteiger partial charge in [0.05, 0.1) is 0 Å². The minimum absolute atomic E-state index is 0.502. The summed E-state index contributed by atoms with van der Waals surface area (Å²) in [6.45, 7) is 6.40. The first kappa shape index (κ1) is 10.4. The fourth-order valence-corrected chi connectivity index (χ4v) is 0.844. The topological polar surface area (TPSA) is 17.1 Å². The van der Waals surface area contributed by atoms with Gasteiger partial charge in [0.2, 0.25) is 0 Å². The molecule has 0 radical (unpaired) electrons. The van der Waals surface area contributed by atoms with Crippen LogP contribution in [0.1, 0.15) is 33.6 Å². The van der Waals surface area contributed by atoms with Crippen LogP contribution in [0.15, 0.2) is 12.2 Å². The zero-order valence-electron chi connectivity index (χ0n) is 7.71. The Morgan fingerprint density at radius 1 is 1.18 bits per heavy atom. The highest BCUT2D eigenvalue weighted by Crippen LogP contribution is 2.07. The van der Waals surface area contributed by atoms with E-state index < -0.39 is 0 Å². The van der Waals surface area contributed by atoms with E-state index in [0.717, 1.165) is 12.7 Å². The maximum absolute atomic E-state index is 10.1. The minimum Gasteiger partial charge on any atom is -0.303 e. The van der Waals surface area contributed by atoms with E-state index in [1.54, 1.807) is 0 Å². The molecule has 0 aliphatic rings. The van der Waals surface area contributed by atoms with Gasteiger partial charge in [-0.25, -0.2) is 0 Å². The molecule has 0 saturated carbocycles. The number of allylic oxidation sites excluding steroid dienone is 2. The van der Waals surface area contributed by atoms with Crippen LogP contribution in [0.2, 0.25) is 0 Å². The van der Waals surface area contributed by atoms with Crippen LogP contribution < -0.4 is 0 Å². The summed E-state index contributed by atoms with van der Waals surface area (Å²) in [5.74, 6) is 1.13. The van der Waals surface area contributed by atoms with Crippen molar-refractivity contribution < 1.29 is 4.79 Å². The van der Waals surface area contributed by atoms with Gasteiger partial charge in [-0.2, -0.15) is 0 Å². The molecule has 1 nitrogen and oxygen atoms in total. The van der Waals surface area contributed by atoms with Crippen molar-refractivity contribution in [3.63, 3.8) is 0 Å². The second-order valence-electron chi connectivity index (χ2n) is 3.42.